The molecule has 0 fully saturated rings. The Hall–Kier alpha value is -1.78. The molecule has 0 saturated heterocycles. The fraction of sp³-hybridized carbons (Fsp3) is 0.176. The summed E-state index contributed by atoms with van der Waals surface area (Å²) in [6.07, 6.45) is 1.41. The highest BCUT2D eigenvalue weighted by molar-refractivity contribution is 8.00. The molecule has 2 aromatic carbocycles. The third-order valence-electron chi connectivity index (χ3n) is 3.42. The lowest BCUT2D eigenvalue weighted by atomic mass is 10.0. The van der Waals surface area contributed by atoms with E-state index in [1.54, 1.807) is 36.4 Å². The van der Waals surface area contributed by atoms with Gasteiger partial charge in [-0.1, -0.05) is 36.9 Å². The van der Waals surface area contributed by atoms with E-state index in [1.165, 1.54) is 0 Å². The summed E-state index contributed by atoms with van der Waals surface area (Å²) in [7, 11) is -3.67. The first-order valence-corrected chi connectivity index (χ1v) is 8.93. The van der Waals surface area contributed by atoms with Crippen LogP contribution in [0.3, 0.4) is 0 Å². The molecule has 22 heavy (non-hydrogen) atoms. The Labute approximate surface area is 136 Å². The quantitative estimate of drug-likeness (QED) is 0.643. The van der Waals surface area contributed by atoms with E-state index in [-0.39, 0.29) is 9.80 Å². The largest absolute Gasteiger partial charge is 0.398 e. The summed E-state index contributed by atoms with van der Waals surface area (Å²) < 4.78 is 25.5. The lowest BCUT2D eigenvalue weighted by molar-refractivity contribution is 0.606. The van der Waals surface area contributed by atoms with Gasteiger partial charge in [0.05, 0.1) is 9.80 Å². The number of nitrogen functional groups attached to an aromatic ring is 1. The first-order chi connectivity index (χ1) is 10.5. The molecule has 5 heteroatoms. The van der Waals surface area contributed by atoms with Crippen LogP contribution in [0.5, 0.6) is 0 Å². The van der Waals surface area contributed by atoms with E-state index in [2.05, 4.69) is 6.58 Å². The molecule has 2 rings (SSSR count). The Morgan fingerprint density at radius 2 is 1.77 bits per heavy atom. The highest BCUT2D eigenvalue weighted by Gasteiger charge is 2.23. The normalized spacial score (nSPS) is 11.3. The molecule has 0 aliphatic carbocycles. The Morgan fingerprint density at radius 3 is 2.41 bits per heavy atom. The lowest BCUT2D eigenvalue weighted by Crippen LogP contribution is -2.08. The van der Waals surface area contributed by atoms with Gasteiger partial charge in [0.25, 0.3) is 0 Å². The van der Waals surface area contributed by atoms with Crippen molar-refractivity contribution in [2.75, 3.05) is 11.6 Å². The van der Waals surface area contributed by atoms with Crippen molar-refractivity contribution in [1.29, 1.82) is 0 Å². The maximum Gasteiger partial charge on any atom is 0.206 e. The molecular formula is C17H18ClNO2S. The van der Waals surface area contributed by atoms with Crippen molar-refractivity contribution in [3.63, 3.8) is 0 Å². The Kier molecular flexibility index (Phi) is 5.27. The van der Waals surface area contributed by atoms with Crippen molar-refractivity contribution in [2.24, 2.45) is 0 Å². The topological polar surface area (TPSA) is 60.2 Å². The molecular weight excluding hydrogens is 318 g/mol. The minimum absolute atomic E-state index is 0.0290. The molecule has 0 saturated carbocycles. The molecule has 2 N–H and O–H groups in total. The fourth-order valence-electron chi connectivity index (χ4n) is 2.30. The zero-order valence-corrected chi connectivity index (χ0v) is 13.7. The van der Waals surface area contributed by atoms with Crippen LogP contribution in [0, 0.1) is 0 Å². The van der Waals surface area contributed by atoms with E-state index in [0.29, 0.717) is 23.6 Å². The molecule has 0 aliphatic heterocycles. The van der Waals surface area contributed by atoms with Gasteiger partial charge in [-0.25, -0.2) is 8.42 Å². The van der Waals surface area contributed by atoms with Crippen molar-refractivity contribution < 1.29 is 8.42 Å². The minimum Gasteiger partial charge on any atom is -0.398 e. The van der Waals surface area contributed by atoms with Crippen LogP contribution in [-0.4, -0.2) is 14.3 Å². The van der Waals surface area contributed by atoms with E-state index in [9.17, 15) is 8.42 Å². The summed E-state index contributed by atoms with van der Waals surface area (Å²) in [4.78, 5) is 0.243. The monoisotopic (exact) mass is 335 g/mol. The van der Waals surface area contributed by atoms with Gasteiger partial charge < -0.3 is 5.73 Å². The van der Waals surface area contributed by atoms with E-state index >= 15 is 0 Å². The number of alkyl halides is 1. The number of nitrogens with two attached hydrogens (primary N) is 1. The first kappa shape index (κ1) is 16.6. The van der Waals surface area contributed by atoms with Gasteiger partial charge in [0.15, 0.2) is 0 Å². The highest BCUT2D eigenvalue weighted by atomic mass is 35.5. The van der Waals surface area contributed by atoms with Gasteiger partial charge in [-0.2, -0.15) is 0 Å². The molecule has 116 valence electrons. The summed E-state index contributed by atoms with van der Waals surface area (Å²) in [5.41, 5.74) is 7.77. The minimum atomic E-state index is -3.67. The SMILES string of the molecule is C=C(c1c(N)cccc1CCCCl)S(=O)(=O)c1ccccc1. The van der Waals surface area contributed by atoms with Crippen molar-refractivity contribution in [3.8, 4) is 0 Å². The summed E-state index contributed by atoms with van der Waals surface area (Å²) in [5.74, 6) is 0.506. The number of halogens is 1. The lowest BCUT2D eigenvalue weighted by Gasteiger charge is -2.15. The van der Waals surface area contributed by atoms with Crippen LogP contribution >= 0.6 is 11.6 Å². The number of sulfone groups is 1. The van der Waals surface area contributed by atoms with Gasteiger partial charge in [0.2, 0.25) is 9.84 Å². The fourth-order valence-corrected chi connectivity index (χ4v) is 3.75. The summed E-state index contributed by atoms with van der Waals surface area (Å²) in [5, 5.41) is 0. The Morgan fingerprint density at radius 1 is 1.09 bits per heavy atom. The van der Waals surface area contributed by atoms with E-state index < -0.39 is 9.84 Å². The second-order valence-electron chi connectivity index (χ2n) is 4.91. The predicted molar refractivity (Wildman–Crippen MR) is 92.6 cm³/mol. The Balaban J connectivity index is 2.50. The van der Waals surface area contributed by atoms with Crippen LogP contribution < -0.4 is 5.73 Å². The number of rotatable bonds is 6. The maximum absolute atomic E-state index is 12.7. The number of anilines is 1. The van der Waals surface area contributed by atoms with E-state index in [1.807, 2.05) is 12.1 Å². The Bertz CT molecular complexity index is 771. The van der Waals surface area contributed by atoms with Crippen molar-refractivity contribution in [3.05, 3.63) is 66.2 Å². The predicted octanol–water partition coefficient (Wildman–Crippen LogP) is 3.88. The second-order valence-corrected chi connectivity index (χ2v) is 7.26. The third kappa shape index (κ3) is 3.34. The standard InChI is InChI=1S/C17H18ClNO2S/c1-13(22(20,21)15-9-3-2-4-10-15)17-14(8-6-12-18)7-5-11-16(17)19/h2-5,7,9-11H,1,6,8,12,19H2. The second kappa shape index (κ2) is 6.99. The van der Waals surface area contributed by atoms with Crippen molar-refractivity contribution in [1.82, 2.24) is 0 Å². The summed E-state index contributed by atoms with van der Waals surface area (Å²) in [6.45, 7) is 3.80. The molecule has 3 nitrogen and oxygen atoms in total. The number of benzene rings is 2. The molecule has 0 aliphatic rings. The molecule has 0 aromatic heterocycles. The first-order valence-electron chi connectivity index (χ1n) is 6.91. The zero-order chi connectivity index (χ0) is 16.2. The van der Waals surface area contributed by atoms with E-state index in [0.717, 1.165) is 12.0 Å². The maximum atomic E-state index is 12.7. The number of hydrogen-bond acceptors (Lipinski definition) is 3. The summed E-state index contributed by atoms with van der Waals surface area (Å²) in [6, 6.07) is 13.6. The van der Waals surface area contributed by atoms with Gasteiger partial charge >= 0.3 is 0 Å². The van der Waals surface area contributed by atoms with Crippen molar-refractivity contribution in [2.45, 2.75) is 17.7 Å². The van der Waals surface area contributed by atoms with Crippen LogP contribution in [0.15, 0.2) is 60.0 Å². The van der Waals surface area contributed by atoms with Crippen LogP contribution in [0.25, 0.3) is 4.91 Å². The molecule has 0 unspecified atom stereocenters. The molecule has 0 bridgehead atoms. The van der Waals surface area contributed by atoms with Gasteiger partial charge in [-0.15, -0.1) is 11.6 Å². The highest BCUT2D eigenvalue weighted by Crippen LogP contribution is 2.33. The van der Waals surface area contributed by atoms with Crippen LogP contribution in [-0.2, 0) is 16.3 Å². The number of hydrogen-bond donors (Lipinski definition) is 1. The summed E-state index contributed by atoms with van der Waals surface area (Å²) >= 11 is 5.74. The average Bonchev–Trinajstić information content (AvgIpc) is 2.53. The van der Waals surface area contributed by atoms with Gasteiger partial charge in [-0.3, -0.25) is 0 Å². The van der Waals surface area contributed by atoms with Crippen LogP contribution in [0.1, 0.15) is 17.5 Å². The average molecular weight is 336 g/mol. The third-order valence-corrected chi connectivity index (χ3v) is 5.43. The van der Waals surface area contributed by atoms with Crippen LogP contribution in [0.2, 0.25) is 0 Å². The zero-order valence-electron chi connectivity index (χ0n) is 12.1. The van der Waals surface area contributed by atoms with Crippen molar-refractivity contribution >= 4 is 32.0 Å². The molecule has 0 radical (unpaired) electrons. The number of aryl methyl sites for hydroxylation is 1. The van der Waals surface area contributed by atoms with Gasteiger partial charge in [0.1, 0.15) is 0 Å². The molecule has 2 aromatic rings. The van der Waals surface area contributed by atoms with Gasteiger partial charge in [-0.05, 0) is 36.6 Å². The molecule has 0 heterocycles. The molecule has 0 spiro atoms. The van der Waals surface area contributed by atoms with E-state index in [4.69, 9.17) is 17.3 Å². The molecule has 0 amide bonds. The van der Waals surface area contributed by atoms with Gasteiger partial charge in [0, 0.05) is 17.1 Å². The molecule has 0 atom stereocenters. The van der Waals surface area contributed by atoms with Crippen LogP contribution in [0.4, 0.5) is 5.69 Å². The smallest absolute Gasteiger partial charge is 0.206 e.